The Morgan fingerprint density at radius 3 is 2.69 bits per heavy atom. The van der Waals surface area contributed by atoms with Crippen molar-refractivity contribution >= 4 is 29.1 Å². The molecule has 0 radical (unpaired) electrons. The number of amides is 1. The van der Waals surface area contributed by atoms with Gasteiger partial charge in [-0.3, -0.25) is 14.4 Å². The van der Waals surface area contributed by atoms with E-state index in [-0.39, 0.29) is 40.9 Å². The van der Waals surface area contributed by atoms with Crippen LogP contribution in [0.1, 0.15) is 38.1 Å². The molecule has 7 nitrogen and oxygen atoms in total. The Balaban J connectivity index is 1.68. The van der Waals surface area contributed by atoms with Gasteiger partial charge in [0.1, 0.15) is 17.4 Å². The first-order chi connectivity index (χ1) is 13.8. The summed E-state index contributed by atoms with van der Waals surface area (Å²) in [4.78, 5) is 41.0. The Labute approximate surface area is 170 Å². The van der Waals surface area contributed by atoms with Crippen molar-refractivity contribution in [2.75, 3.05) is 0 Å². The number of carbonyl (C=O) groups is 3. The third-order valence-corrected chi connectivity index (χ3v) is 4.61. The van der Waals surface area contributed by atoms with Crippen LogP contribution in [-0.2, 0) is 24.8 Å². The minimum Gasteiger partial charge on any atom is -0.457 e. The fourth-order valence-electron chi connectivity index (χ4n) is 2.72. The number of nitrogens with one attached hydrogen (secondary N) is 1. The van der Waals surface area contributed by atoms with Crippen LogP contribution in [0.4, 0.5) is 4.39 Å². The summed E-state index contributed by atoms with van der Waals surface area (Å²) in [6.45, 7) is 1.60. The van der Waals surface area contributed by atoms with E-state index in [1.54, 1.807) is 24.0 Å². The van der Waals surface area contributed by atoms with Gasteiger partial charge in [-0.15, -0.1) is 0 Å². The van der Waals surface area contributed by atoms with Gasteiger partial charge in [0.2, 0.25) is 0 Å². The first kappa shape index (κ1) is 20.5. The van der Waals surface area contributed by atoms with E-state index < -0.39 is 17.5 Å². The van der Waals surface area contributed by atoms with Crippen molar-refractivity contribution in [2.24, 2.45) is 7.05 Å². The van der Waals surface area contributed by atoms with Crippen molar-refractivity contribution in [1.82, 2.24) is 14.9 Å². The number of carbonyl (C=O) groups excluding carboxylic acids is 3. The number of furan rings is 1. The van der Waals surface area contributed by atoms with Crippen LogP contribution in [-0.4, -0.2) is 27.0 Å². The van der Waals surface area contributed by atoms with Crippen LogP contribution in [0, 0.1) is 12.7 Å². The van der Waals surface area contributed by atoms with Crippen molar-refractivity contribution in [1.29, 1.82) is 0 Å². The van der Waals surface area contributed by atoms with Gasteiger partial charge in [0, 0.05) is 25.9 Å². The van der Waals surface area contributed by atoms with Crippen LogP contribution >= 0.6 is 11.6 Å². The molecule has 1 amide bonds. The van der Waals surface area contributed by atoms with E-state index in [1.807, 2.05) is 0 Å². The SMILES string of the molecule is Cc1oc(C(=O)C(=O)NCc2nccn2C)cc1C(=O)Cc1ccc(F)c(Cl)c1. The number of hydrogen-bond acceptors (Lipinski definition) is 5. The van der Waals surface area contributed by atoms with E-state index in [9.17, 15) is 18.8 Å². The average Bonchev–Trinajstić information content (AvgIpc) is 3.27. The molecule has 0 bridgehead atoms. The molecule has 0 spiro atoms. The van der Waals surface area contributed by atoms with E-state index >= 15 is 0 Å². The molecule has 0 aliphatic heterocycles. The van der Waals surface area contributed by atoms with Crippen LogP contribution in [0.25, 0.3) is 0 Å². The number of imidazole rings is 1. The normalized spacial score (nSPS) is 10.8. The summed E-state index contributed by atoms with van der Waals surface area (Å²) in [7, 11) is 1.76. The molecule has 0 aliphatic carbocycles. The molecular weight excluding hydrogens is 401 g/mol. The Bertz CT molecular complexity index is 1100. The fraction of sp³-hybridized carbons (Fsp3) is 0.200. The molecule has 9 heteroatoms. The van der Waals surface area contributed by atoms with Gasteiger partial charge in [-0.25, -0.2) is 9.37 Å². The number of benzene rings is 1. The first-order valence-corrected chi connectivity index (χ1v) is 9.00. The molecule has 3 rings (SSSR count). The number of Topliss-reactive ketones (excluding diaryl/α,β-unsaturated/α-hetero) is 2. The molecular formula is C20H17ClFN3O4. The number of aryl methyl sites for hydroxylation is 2. The van der Waals surface area contributed by atoms with E-state index in [0.717, 1.165) is 0 Å². The van der Waals surface area contributed by atoms with Crippen LogP contribution in [0.15, 0.2) is 41.1 Å². The highest BCUT2D eigenvalue weighted by Gasteiger charge is 2.24. The lowest BCUT2D eigenvalue weighted by Gasteiger charge is -2.03. The minimum absolute atomic E-state index is 0.0562. The predicted molar refractivity (Wildman–Crippen MR) is 102 cm³/mol. The summed E-state index contributed by atoms with van der Waals surface area (Å²) in [5, 5.41) is 2.38. The molecule has 0 saturated heterocycles. The van der Waals surface area contributed by atoms with Gasteiger partial charge in [0.15, 0.2) is 11.5 Å². The first-order valence-electron chi connectivity index (χ1n) is 8.62. The molecule has 0 atom stereocenters. The Kier molecular flexibility index (Phi) is 5.93. The smallest absolute Gasteiger partial charge is 0.296 e. The molecule has 29 heavy (non-hydrogen) atoms. The Morgan fingerprint density at radius 2 is 2.03 bits per heavy atom. The fourth-order valence-corrected chi connectivity index (χ4v) is 2.92. The number of ketones is 2. The van der Waals surface area contributed by atoms with Crippen LogP contribution in [0.3, 0.4) is 0 Å². The van der Waals surface area contributed by atoms with Gasteiger partial charge < -0.3 is 14.3 Å². The van der Waals surface area contributed by atoms with Gasteiger partial charge in [0.05, 0.1) is 17.1 Å². The lowest BCUT2D eigenvalue weighted by Crippen LogP contribution is -2.31. The molecule has 0 aliphatic rings. The van der Waals surface area contributed by atoms with Crippen molar-refractivity contribution in [2.45, 2.75) is 19.9 Å². The van der Waals surface area contributed by atoms with Crippen molar-refractivity contribution in [3.05, 3.63) is 76.0 Å². The molecule has 150 valence electrons. The van der Waals surface area contributed by atoms with Gasteiger partial charge >= 0.3 is 0 Å². The largest absolute Gasteiger partial charge is 0.457 e. The van der Waals surface area contributed by atoms with Gasteiger partial charge in [-0.1, -0.05) is 17.7 Å². The monoisotopic (exact) mass is 417 g/mol. The Hall–Kier alpha value is -3.26. The summed E-state index contributed by atoms with van der Waals surface area (Å²) in [6, 6.07) is 5.23. The van der Waals surface area contributed by atoms with Gasteiger partial charge in [-0.2, -0.15) is 0 Å². The molecule has 2 heterocycles. The average molecular weight is 418 g/mol. The molecule has 0 fully saturated rings. The summed E-state index contributed by atoms with van der Waals surface area (Å²) in [6.07, 6.45) is 3.23. The highest BCUT2D eigenvalue weighted by atomic mass is 35.5. The molecule has 1 N–H and O–H groups in total. The summed E-state index contributed by atoms with van der Waals surface area (Å²) in [5.41, 5.74) is 0.688. The van der Waals surface area contributed by atoms with E-state index in [1.165, 1.54) is 31.2 Å². The van der Waals surface area contributed by atoms with E-state index in [4.69, 9.17) is 16.0 Å². The Morgan fingerprint density at radius 1 is 1.28 bits per heavy atom. The maximum atomic E-state index is 13.3. The lowest BCUT2D eigenvalue weighted by atomic mass is 10.0. The maximum absolute atomic E-state index is 13.3. The van der Waals surface area contributed by atoms with Gasteiger partial charge in [0.25, 0.3) is 11.7 Å². The number of rotatable bonds is 7. The van der Waals surface area contributed by atoms with Crippen molar-refractivity contribution < 1.29 is 23.2 Å². The second-order valence-electron chi connectivity index (χ2n) is 6.40. The summed E-state index contributed by atoms with van der Waals surface area (Å²) in [5.74, 6) is -2.13. The molecule has 0 saturated carbocycles. The van der Waals surface area contributed by atoms with Crippen LogP contribution in [0.2, 0.25) is 5.02 Å². The zero-order valence-electron chi connectivity index (χ0n) is 15.7. The minimum atomic E-state index is -0.897. The van der Waals surface area contributed by atoms with Crippen LogP contribution < -0.4 is 5.32 Å². The second-order valence-corrected chi connectivity index (χ2v) is 6.80. The second kappa shape index (κ2) is 8.40. The highest BCUT2D eigenvalue weighted by molar-refractivity contribution is 6.42. The zero-order chi connectivity index (χ0) is 21.1. The zero-order valence-corrected chi connectivity index (χ0v) is 16.4. The summed E-state index contributed by atoms with van der Waals surface area (Å²) >= 11 is 5.73. The molecule has 1 aromatic carbocycles. The van der Waals surface area contributed by atoms with Gasteiger partial charge in [-0.05, 0) is 30.7 Å². The quantitative estimate of drug-likeness (QED) is 0.471. The topological polar surface area (TPSA) is 94.2 Å². The highest BCUT2D eigenvalue weighted by Crippen LogP contribution is 2.20. The van der Waals surface area contributed by atoms with Crippen molar-refractivity contribution in [3.8, 4) is 0 Å². The van der Waals surface area contributed by atoms with Crippen LogP contribution in [0.5, 0.6) is 0 Å². The third kappa shape index (κ3) is 4.60. The molecule has 2 aromatic heterocycles. The van der Waals surface area contributed by atoms with E-state index in [0.29, 0.717) is 11.4 Å². The van der Waals surface area contributed by atoms with E-state index in [2.05, 4.69) is 10.3 Å². The summed E-state index contributed by atoms with van der Waals surface area (Å²) < 4.78 is 20.3. The lowest BCUT2D eigenvalue weighted by molar-refractivity contribution is -0.117. The van der Waals surface area contributed by atoms with Crippen molar-refractivity contribution in [3.63, 3.8) is 0 Å². The number of hydrogen-bond donors (Lipinski definition) is 1. The number of aromatic nitrogens is 2. The molecule has 3 aromatic rings. The number of nitrogens with zero attached hydrogens (tertiary/aromatic N) is 2. The maximum Gasteiger partial charge on any atom is 0.296 e. The standard InChI is InChI=1S/C20H17ClFN3O4/c1-11-13(16(26)8-12-3-4-15(22)14(21)7-12)9-17(29-11)19(27)20(28)24-10-18-23-5-6-25(18)2/h3-7,9H,8,10H2,1-2H3,(H,24,28). The third-order valence-electron chi connectivity index (χ3n) is 4.32. The number of halogens is 2. The molecule has 0 unspecified atom stereocenters. The predicted octanol–water partition coefficient (Wildman–Crippen LogP) is 3.04.